The molecule has 0 aliphatic carbocycles. The van der Waals surface area contributed by atoms with Gasteiger partial charge < -0.3 is 5.32 Å². The molecule has 1 N–H and O–H groups in total. The Morgan fingerprint density at radius 2 is 1.90 bits per heavy atom. The summed E-state index contributed by atoms with van der Waals surface area (Å²) in [6, 6.07) is 17.1. The van der Waals surface area contributed by atoms with Crippen LogP contribution in [-0.4, -0.2) is 30.1 Å². The topological polar surface area (TPSA) is 15.3 Å². The van der Waals surface area contributed by atoms with Crippen LogP contribution < -0.4 is 5.32 Å². The van der Waals surface area contributed by atoms with Crippen molar-refractivity contribution in [1.29, 1.82) is 0 Å². The summed E-state index contributed by atoms with van der Waals surface area (Å²) in [5.41, 5.74) is 1.46. The van der Waals surface area contributed by atoms with Crippen LogP contribution in [0.2, 0.25) is 0 Å². The van der Waals surface area contributed by atoms with Gasteiger partial charge in [-0.3, -0.25) is 4.90 Å². The molecule has 2 aliphatic rings. The number of rotatable bonds is 3. The molecule has 110 valence electrons. The Kier molecular flexibility index (Phi) is 3.66. The highest BCUT2D eigenvalue weighted by atomic mass is 15.2. The maximum Gasteiger partial charge on any atom is 0.0253 e. The van der Waals surface area contributed by atoms with Gasteiger partial charge in [-0.25, -0.2) is 0 Å². The van der Waals surface area contributed by atoms with E-state index in [1.165, 1.54) is 55.1 Å². The summed E-state index contributed by atoms with van der Waals surface area (Å²) in [7, 11) is 0. The second-order valence-electron chi connectivity index (χ2n) is 6.56. The monoisotopic (exact) mass is 280 g/mol. The second-order valence-corrected chi connectivity index (χ2v) is 6.56. The van der Waals surface area contributed by atoms with Gasteiger partial charge in [0.05, 0.1) is 0 Å². The van der Waals surface area contributed by atoms with Crippen molar-refractivity contribution >= 4 is 10.8 Å². The molecule has 2 saturated heterocycles. The van der Waals surface area contributed by atoms with E-state index in [9.17, 15) is 0 Å². The summed E-state index contributed by atoms with van der Waals surface area (Å²) < 4.78 is 0. The standard InChI is InChI=1S/C19H24N2/c1-2-6-17-13-15(9-10-16(17)5-1)14-21-12-4-8-19(21)18-7-3-11-20-18/h1-2,5-6,9-10,13,18-20H,3-4,7-8,11-12,14H2. The lowest BCUT2D eigenvalue weighted by molar-refractivity contribution is 0.206. The van der Waals surface area contributed by atoms with Crippen LogP contribution in [0.5, 0.6) is 0 Å². The molecular weight excluding hydrogens is 256 g/mol. The van der Waals surface area contributed by atoms with Crippen LogP contribution in [-0.2, 0) is 6.54 Å². The first-order valence-corrected chi connectivity index (χ1v) is 8.35. The number of hydrogen-bond acceptors (Lipinski definition) is 2. The largest absolute Gasteiger partial charge is 0.312 e. The molecule has 2 unspecified atom stereocenters. The average Bonchev–Trinajstić information content (AvgIpc) is 3.18. The highest BCUT2D eigenvalue weighted by Gasteiger charge is 2.32. The Labute approximate surface area is 127 Å². The van der Waals surface area contributed by atoms with E-state index in [0.717, 1.165) is 18.6 Å². The summed E-state index contributed by atoms with van der Waals surface area (Å²) >= 11 is 0. The van der Waals surface area contributed by atoms with Crippen molar-refractivity contribution in [1.82, 2.24) is 10.2 Å². The molecule has 4 rings (SSSR count). The zero-order valence-corrected chi connectivity index (χ0v) is 12.6. The van der Waals surface area contributed by atoms with Gasteiger partial charge in [0.2, 0.25) is 0 Å². The molecule has 2 aromatic carbocycles. The first-order chi connectivity index (χ1) is 10.4. The van der Waals surface area contributed by atoms with E-state index in [4.69, 9.17) is 0 Å². The van der Waals surface area contributed by atoms with E-state index in [0.29, 0.717) is 0 Å². The van der Waals surface area contributed by atoms with E-state index in [2.05, 4.69) is 52.7 Å². The van der Waals surface area contributed by atoms with E-state index in [1.54, 1.807) is 0 Å². The SMILES string of the molecule is c1ccc2cc(CN3CCCC3C3CCCN3)ccc2c1. The highest BCUT2D eigenvalue weighted by molar-refractivity contribution is 5.82. The molecule has 0 amide bonds. The molecule has 2 atom stereocenters. The smallest absolute Gasteiger partial charge is 0.0253 e. The molecule has 0 aromatic heterocycles. The Bertz CT molecular complexity index is 616. The summed E-state index contributed by atoms with van der Waals surface area (Å²) in [4.78, 5) is 2.70. The van der Waals surface area contributed by atoms with Gasteiger partial charge in [-0.1, -0.05) is 36.4 Å². The molecule has 0 bridgehead atoms. The molecular formula is C19H24N2. The Hall–Kier alpha value is -1.38. The third-order valence-electron chi connectivity index (χ3n) is 5.18. The van der Waals surface area contributed by atoms with Gasteiger partial charge in [0.25, 0.3) is 0 Å². The van der Waals surface area contributed by atoms with E-state index in [-0.39, 0.29) is 0 Å². The van der Waals surface area contributed by atoms with Gasteiger partial charge in [-0.2, -0.15) is 0 Å². The quantitative estimate of drug-likeness (QED) is 0.925. The van der Waals surface area contributed by atoms with Gasteiger partial charge >= 0.3 is 0 Å². The van der Waals surface area contributed by atoms with Gasteiger partial charge in [0.1, 0.15) is 0 Å². The summed E-state index contributed by atoms with van der Waals surface area (Å²) in [5, 5.41) is 6.41. The van der Waals surface area contributed by atoms with Crippen LogP contribution in [0.25, 0.3) is 10.8 Å². The van der Waals surface area contributed by atoms with Crippen LogP contribution in [0.1, 0.15) is 31.2 Å². The van der Waals surface area contributed by atoms with Crippen molar-refractivity contribution < 1.29 is 0 Å². The van der Waals surface area contributed by atoms with Gasteiger partial charge in [0, 0.05) is 18.6 Å². The van der Waals surface area contributed by atoms with E-state index < -0.39 is 0 Å². The van der Waals surface area contributed by atoms with Crippen LogP contribution in [0.4, 0.5) is 0 Å². The molecule has 0 spiro atoms. The first-order valence-electron chi connectivity index (χ1n) is 8.35. The maximum absolute atomic E-state index is 3.70. The van der Waals surface area contributed by atoms with E-state index in [1.807, 2.05) is 0 Å². The lowest BCUT2D eigenvalue weighted by Gasteiger charge is -2.29. The fourth-order valence-electron chi connectivity index (χ4n) is 4.12. The first kappa shape index (κ1) is 13.3. The molecule has 2 nitrogen and oxygen atoms in total. The number of nitrogens with one attached hydrogen (secondary N) is 1. The number of hydrogen-bond donors (Lipinski definition) is 1. The summed E-state index contributed by atoms with van der Waals surface area (Å²) in [6.45, 7) is 3.58. The summed E-state index contributed by atoms with van der Waals surface area (Å²) in [5.74, 6) is 0. The Balaban J connectivity index is 1.53. The predicted molar refractivity (Wildman–Crippen MR) is 88.4 cm³/mol. The minimum Gasteiger partial charge on any atom is -0.312 e. The fourth-order valence-corrected chi connectivity index (χ4v) is 4.12. The molecule has 2 aliphatic heterocycles. The fraction of sp³-hybridized carbons (Fsp3) is 0.474. The van der Waals surface area contributed by atoms with Crippen molar-refractivity contribution in [3.05, 3.63) is 48.0 Å². The number of benzene rings is 2. The number of nitrogens with zero attached hydrogens (tertiary/aromatic N) is 1. The van der Waals surface area contributed by atoms with Crippen molar-refractivity contribution in [3.8, 4) is 0 Å². The van der Waals surface area contributed by atoms with Crippen molar-refractivity contribution in [2.45, 2.75) is 44.3 Å². The normalized spacial score (nSPS) is 26.7. The van der Waals surface area contributed by atoms with Crippen LogP contribution >= 0.6 is 0 Å². The average molecular weight is 280 g/mol. The molecule has 2 fully saturated rings. The molecule has 21 heavy (non-hydrogen) atoms. The Morgan fingerprint density at radius 1 is 1.00 bits per heavy atom. The van der Waals surface area contributed by atoms with Crippen molar-refractivity contribution in [2.75, 3.05) is 13.1 Å². The zero-order chi connectivity index (χ0) is 14.1. The Morgan fingerprint density at radius 3 is 2.76 bits per heavy atom. The molecule has 2 heteroatoms. The van der Waals surface area contributed by atoms with Crippen molar-refractivity contribution in [3.63, 3.8) is 0 Å². The third kappa shape index (κ3) is 2.70. The van der Waals surface area contributed by atoms with Crippen molar-refractivity contribution in [2.24, 2.45) is 0 Å². The van der Waals surface area contributed by atoms with Gasteiger partial charge in [-0.05, 0) is 61.2 Å². The zero-order valence-electron chi connectivity index (χ0n) is 12.6. The third-order valence-corrected chi connectivity index (χ3v) is 5.18. The predicted octanol–water partition coefficient (Wildman–Crippen LogP) is 3.56. The van der Waals surface area contributed by atoms with Crippen LogP contribution in [0.15, 0.2) is 42.5 Å². The molecule has 2 heterocycles. The second kappa shape index (κ2) is 5.78. The number of fused-ring (bicyclic) bond motifs is 1. The molecule has 0 radical (unpaired) electrons. The van der Waals surface area contributed by atoms with Crippen LogP contribution in [0.3, 0.4) is 0 Å². The lowest BCUT2D eigenvalue weighted by atomic mass is 10.0. The highest BCUT2D eigenvalue weighted by Crippen LogP contribution is 2.27. The van der Waals surface area contributed by atoms with Crippen LogP contribution in [0, 0.1) is 0 Å². The lowest BCUT2D eigenvalue weighted by Crippen LogP contribution is -2.43. The van der Waals surface area contributed by atoms with Gasteiger partial charge in [-0.15, -0.1) is 0 Å². The van der Waals surface area contributed by atoms with E-state index >= 15 is 0 Å². The number of likely N-dealkylation sites (tertiary alicyclic amines) is 1. The minimum atomic E-state index is 0.730. The summed E-state index contributed by atoms with van der Waals surface area (Å²) in [6.07, 6.45) is 5.44. The van der Waals surface area contributed by atoms with Gasteiger partial charge in [0.15, 0.2) is 0 Å². The molecule has 2 aromatic rings. The minimum absolute atomic E-state index is 0.730. The maximum atomic E-state index is 3.70. The molecule has 0 saturated carbocycles.